The summed E-state index contributed by atoms with van der Waals surface area (Å²) in [6, 6.07) is 6.38. The van der Waals surface area contributed by atoms with Crippen LogP contribution in [0.2, 0.25) is 0 Å². The van der Waals surface area contributed by atoms with Gasteiger partial charge in [0.25, 0.3) is 0 Å². The normalized spacial score (nSPS) is 10.4. The second kappa shape index (κ2) is 7.29. The second-order valence-electron chi connectivity index (χ2n) is 4.14. The first-order valence-corrected chi connectivity index (χ1v) is 6.21. The average Bonchev–Trinajstić information content (AvgIpc) is 2.28. The molecule has 1 rings (SSSR count). The van der Waals surface area contributed by atoms with Crippen LogP contribution in [0, 0.1) is 6.92 Å². The highest BCUT2D eigenvalue weighted by molar-refractivity contribution is 5.36. The summed E-state index contributed by atoms with van der Waals surface area (Å²) in [5, 5.41) is 3.42. The van der Waals surface area contributed by atoms with Crippen molar-refractivity contribution in [3.8, 4) is 5.75 Å². The fourth-order valence-corrected chi connectivity index (χ4v) is 1.60. The molecule has 0 radical (unpaired) electrons. The first-order chi connectivity index (χ1) is 7.77. The monoisotopic (exact) mass is 221 g/mol. The molecule has 0 saturated heterocycles. The number of hydrogen-bond donors (Lipinski definition) is 1. The Morgan fingerprint density at radius 1 is 1.19 bits per heavy atom. The maximum atomic E-state index is 5.73. The maximum absolute atomic E-state index is 5.73. The highest BCUT2D eigenvalue weighted by Crippen LogP contribution is 2.20. The van der Waals surface area contributed by atoms with Crippen molar-refractivity contribution in [1.82, 2.24) is 5.32 Å². The van der Waals surface area contributed by atoms with E-state index in [1.54, 1.807) is 0 Å². The van der Waals surface area contributed by atoms with Gasteiger partial charge in [0.2, 0.25) is 0 Å². The molecular weight excluding hydrogens is 198 g/mol. The van der Waals surface area contributed by atoms with Gasteiger partial charge in [-0.3, -0.25) is 0 Å². The molecule has 0 amide bonds. The highest BCUT2D eigenvalue weighted by atomic mass is 16.5. The summed E-state index contributed by atoms with van der Waals surface area (Å²) in [5.74, 6) is 1.02. The van der Waals surface area contributed by atoms with Crippen LogP contribution < -0.4 is 10.1 Å². The number of ether oxygens (including phenoxy) is 1. The van der Waals surface area contributed by atoms with Gasteiger partial charge in [0.05, 0.1) is 6.61 Å². The van der Waals surface area contributed by atoms with E-state index in [0.717, 1.165) is 38.3 Å². The van der Waals surface area contributed by atoms with Crippen LogP contribution in [0.25, 0.3) is 0 Å². The predicted molar refractivity (Wildman–Crippen MR) is 69.0 cm³/mol. The topological polar surface area (TPSA) is 21.3 Å². The average molecular weight is 221 g/mol. The summed E-state index contributed by atoms with van der Waals surface area (Å²) >= 11 is 0. The van der Waals surface area contributed by atoms with Crippen LogP contribution >= 0.6 is 0 Å². The quantitative estimate of drug-likeness (QED) is 0.713. The molecule has 0 atom stereocenters. The van der Waals surface area contributed by atoms with Crippen LogP contribution in [-0.2, 0) is 6.54 Å². The Morgan fingerprint density at radius 2 is 2.00 bits per heavy atom. The minimum absolute atomic E-state index is 0.795. The van der Waals surface area contributed by atoms with Gasteiger partial charge < -0.3 is 10.1 Å². The van der Waals surface area contributed by atoms with Gasteiger partial charge >= 0.3 is 0 Å². The van der Waals surface area contributed by atoms with Gasteiger partial charge in [-0.1, -0.05) is 31.5 Å². The van der Waals surface area contributed by atoms with Crippen LogP contribution in [0.15, 0.2) is 18.2 Å². The molecule has 0 heterocycles. The molecule has 0 spiro atoms. The molecule has 0 fully saturated rings. The fourth-order valence-electron chi connectivity index (χ4n) is 1.60. The lowest BCUT2D eigenvalue weighted by Crippen LogP contribution is -2.15. The van der Waals surface area contributed by atoms with Crippen molar-refractivity contribution in [1.29, 1.82) is 0 Å². The maximum Gasteiger partial charge on any atom is 0.123 e. The first kappa shape index (κ1) is 13.0. The van der Waals surface area contributed by atoms with E-state index in [4.69, 9.17) is 4.74 Å². The van der Waals surface area contributed by atoms with Crippen molar-refractivity contribution < 1.29 is 4.74 Å². The third kappa shape index (κ3) is 4.23. The third-order valence-corrected chi connectivity index (χ3v) is 2.42. The zero-order valence-corrected chi connectivity index (χ0v) is 10.7. The lowest BCUT2D eigenvalue weighted by molar-refractivity contribution is 0.313. The molecule has 90 valence electrons. The van der Waals surface area contributed by atoms with Crippen molar-refractivity contribution >= 4 is 0 Å². The summed E-state index contributed by atoms with van der Waals surface area (Å²) in [6.07, 6.45) is 2.21. The SMILES string of the molecule is CCCNCc1cc(C)ccc1OCCC. The minimum Gasteiger partial charge on any atom is -0.493 e. The Bertz CT molecular complexity index is 310. The molecule has 2 heteroatoms. The van der Waals surface area contributed by atoms with Gasteiger partial charge in [-0.05, 0) is 32.4 Å². The fraction of sp³-hybridized carbons (Fsp3) is 0.571. The van der Waals surface area contributed by atoms with Crippen LogP contribution in [0.5, 0.6) is 5.75 Å². The van der Waals surface area contributed by atoms with E-state index < -0.39 is 0 Å². The zero-order valence-electron chi connectivity index (χ0n) is 10.7. The van der Waals surface area contributed by atoms with E-state index in [9.17, 15) is 0 Å². The zero-order chi connectivity index (χ0) is 11.8. The Morgan fingerprint density at radius 3 is 2.69 bits per heavy atom. The Hall–Kier alpha value is -1.02. The molecular formula is C14H23NO. The third-order valence-electron chi connectivity index (χ3n) is 2.42. The predicted octanol–water partition coefficient (Wildman–Crippen LogP) is 3.28. The van der Waals surface area contributed by atoms with Crippen LogP contribution in [-0.4, -0.2) is 13.2 Å². The Balaban J connectivity index is 2.65. The molecule has 0 bridgehead atoms. The van der Waals surface area contributed by atoms with Crippen LogP contribution in [0.1, 0.15) is 37.8 Å². The number of aryl methyl sites for hydroxylation is 1. The summed E-state index contributed by atoms with van der Waals surface area (Å²) < 4.78 is 5.73. The molecule has 0 saturated carbocycles. The summed E-state index contributed by atoms with van der Waals surface area (Å²) in [7, 11) is 0. The number of rotatable bonds is 7. The van der Waals surface area contributed by atoms with Gasteiger partial charge in [-0.25, -0.2) is 0 Å². The van der Waals surface area contributed by atoms with Gasteiger partial charge in [0.1, 0.15) is 5.75 Å². The van der Waals surface area contributed by atoms with E-state index in [1.165, 1.54) is 11.1 Å². The number of hydrogen-bond acceptors (Lipinski definition) is 2. The largest absolute Gasteiger partial charge is 0.493 e. The van der Waals surface area contributed by atoms with Crippen molar-refractivity contribution in [2.24, 2.45) is 0 Å². The Kier molecular flexibility index (Phi) is 5.94. The highest BCUT2D eigenvalue weighted by Gasteiger charge is 2.03. The first-order valence-electron chi connectivity index (χ1n) is 6.21. The molecule has 1 aromatic rings. The van der Waals surface area contributed by atoms with Crippen LogP contribution in [0.4, 0.5) is 0 Å². The van der Waals surface area contributed by atoms with Crippen molar-refractivity contribution in [2.75, 3.05) is 13.2 Å². The van der Waals surface area contributed by atoms with Crippen molar-refractivity contribution in [2.45, 2.75) is 40.2 Å². The van der Waals surface area contributed by atoms with Gasteiger partial charge in [-0.15, -0.1) is 0 Å². The van der Waals surface area contributed by atoms with Crippen LogP contribution in [0.3, 0.4) is 0 Å². The van der Waals surface area contributed by atoms with E-state index >= 15 is 0 Å². The molecule has 0 unspecified atom stereocenters. The Labute approximate surface area is 99.0 Å². The standard InChI is InChI=1S/C14H23NO/c1-4-8-15-11-13-10-12(3)6-7-14(13)16-9-5-2/h6-7,10,15H,4-5,8-9,11H2,1-3H3. The van der Waals surface area contributed by atoms with Crippen molar-refractivity contribution in [3.63, 3.8) is 0 Å². The van der Waals surface area contributed by atoms with E-state index in [0.29, 0.717) is 0 Å². The molecule has 1 aromatic carbocycles. The molecule has 16 heavy (non-hydrogen) atoms. The lowest BCUT2D eigenvalue weighted by Gasteiger charge is -2.12. The molecule has 0 aliphatic rings. The minimum atomic E-state index is 0.795. The van der Waals surface area contributed by atoms with E-state index in [1.807, 2.05) is 0 Å². The molecule has 0 aliphatic carbocycles. The number of benzene rings is 1. The molecule has 0 aromatic heterocycles. The summed E-state index contributed by atoms with van der Waals surface area (Å²) in [5.41, 5.74) is 2.55. The second-order valence-corrected chi connectivity index (χ2v) is 4.14. The van der Waals surface area contributed by atoms with E-state index in [2.05, 4.69) is 44.3 Å². The summed E-state index contributed by atoms with van der Waals surface area (Å²) in [4.78, 5) is 0. The molecule has 2 nitrogen and oxygen atoms in total. The van der Waals surface area contributed by atoms with Gasteiger partial charge in [0, 0.05) is 12.1 Å². The number of nitrogens with one attached hydrogen (secondary N) is 1. The van der Waals surface area contributed by atoms with Crippen molar-refractivity contribution in [3.05, 3.63) is 29.3 Å². The smallest absolute Gasteiger partial charge is 0.123 e. The van der Waals surface area contributed by atoms with Gasteiger partial charge in [-0.2, -0.15) is 0 Å². The lowest BCUT2D eigenvalue weighted by atomic mass is 10.1. The van der Waals surface area contributed by atoms with Gasteiger partial charge in [0.15, 0.2) is 0 Å². The molecule has 1 N–H and O–H groups in total. The van der Waals surface area contributed by atoms with E-state index in [-0.39, 0.29) is 0 Å². The molecule has 0 aliphatic heterocycles. The summed E-state index contributed by atoms with van der Waals surface area (Å²) in [6.45, 7) is 9.17.